The summed E-state index contributed by atoms with van der Waals surface area (Å²) in [7, 11) is 6.43. The van der Waals surface area contributed by atoms with Gasteiger partial charge in [0.05, 0.1) is 28.1 Å². The Balaban J connectivity index is 2.92. The first kappa shape index (κ1) is 13.6. The highest BCUT2D eigenvalue weighted by Crippen LogP contribution is 2.38. The molecule has 5 nitrogen and oxygen atoms in total. The van der Waals surface area contributed by atoms with Gasteiger partial charge in [0.15, 0.2) is 11.5 Å². The van der Waals surface area contributed by atoms with Gasteiger partial charge < -0.3 is 18.9 Å². The lowest BCUT2D eigenvalue weighted by Crippen LogP contribution is -2.16. The lowest BCUT2D eigenvalue weighted by atomic mass is 10.2. The Labute approximate surface area is 102 Å². The molecule has 1 rings (SSSR count). The minimum Gasteiger partial charge on any atom is -0.493 e. The molecule has 0 saturated carbocycles. The summed E-state index contributed by atoms with van der Waals surface area (Å²) in [5, 5.41) is 3.12. The van der Waals surface area contributed by atoms with E-state index in [1.807, 2.05) is 12.1 Å². The second kappa shape index (κ2) is 6.98. The summed E-state index contributed by atoms with van der Waals surface area (Å²) in [6.07, 6.45) is 0. The van der Waals surface area contributed by atoms with Crippen LogP contribution in [-0.4, -0.2) is 35.2 Å². The predicted octanol–water partition coefficient (Wildman–Crippen LogP) is 1.41. The van der Waals surface area contributed by atoms with Crippen molar-refractivity contribution in [3.63, 3.8) is 0 Å². The lowest BCUT2D eigenvalue weighted by Gasteiger charge is -2.14. The third-order valence-corrected chi connectivity index (χ3v) is 2.30. The minimum absolute atomic E-state index is 0.497. The van der Waals surface area contributed by atoms with Gasteiger partial charge in [-0.1, -0.05) is 0 Å². The van der Waals surface area contributed by atoms with Crippen LogP contribution in [0.2, 0.25) is 0 Å². The van der Waals surface area contributed by atoms with E-state index in [2.05, 4.69) is 5.32 Å². The van der Waals surface area contributed by atoms with Crippen molar-refractivity contribution in [2.24, 2.45) is 0 Å². The minimum atomic E-state index is 0.497. The van der Waals surface area contributed by atoms with Crippen molar-refractivity contribution in [3.05, 3.63) is 17.7 Å². The molecule has 0 aliphatic rings. The van der Waals surface area contributed by atoms with Gasteiger partial charge in [-0.25, -0.2) is 0 Å². The molecule has 0 amide bonds. The highest BCUT2D eigenvalue weighted by molar-refractivity contribution is 5.53. The average Bonchev–Trinajstić information content (AvgIpc) is 2.37. The highest BCUT2D eigenvalue weighted by Gasteiger charge is 2.12. The maximum atomic E-state index is 5.26. The zero-order valence-electron chi connectivity index (χ0n) is 10.7. The first-order valence-corrected chi connectivity index (χ1v) is 5.25. The Morgan fingerprint density at radius 2 is 1.53 bits per heavy atom. The molecular weight excluding hydrogens is 222 g/mol. The fraction of sp³-hybridized carbons (Fsp3) is 0.500. The SMILES string of the molecule is COCNCc1cc(OC)c(OC)c(OC)c1. The van der Waals surface area contributed by atoms with Crippen molar-refractivity contribution in [3.8, 4) is 17.2 Å². The Morgan fingerprint density at radius 1 is 0.941 bits per heavy atom. The van der Waals surface area contributed by atoms with Crippen LogP contribution < -0.4 is 19.5 Å². The van der Waals surface area contributed by atoms with Crippen LogP contribution in [0.15, 0.2) is 12.1 Å². The third-order valence-electron chi connectivity index (χ3n) is 2.30. The van der Waals surface area contributed by atoms with Gasteiger partial charge >= 0.3 is 0 Å². The van der Waals surface area contributed by atoms with Gasteiger partial charge in [0.1, 0.15) is 0 Å². The summed E-state index contributed by atoms with van der Waals surface area (Å²) < 4.78 is 20.7. The Hall–Kier alpha value is -1.46. The van der Waals surface area contributed by atoms with Crippen molar-refractivity contribution < 1.29 is 18.9 Å². The highest BCUT2D eigenvalue weighted by atomic mass is 16.5. The molecule has 96 valence electrons. The summed E-state index contributed by atoms with van der Waals surface area (Å²) in [6.45, 7) is 1.17. The molecule has 0 bridgehead atoms. The fourth-order valence-electron chi connectivity index (χ4n) is 1.53. The summed E-state index contributed by atoms with van der Waals surface area (Å²) in [4.78, 5) is 0. The first-order valence-electron chi connectivity index (χ1n) is 5.25. The number of hydrogen-bond donors (Lipinski definition) is 1. The van der Waals surface area contributed by atoms with Crippen LogP contribution in [0.25, 0.3) is 0 Å². The van der Waals surface area contributed by atoms with Crippen molar-refractivity contribution >= 4 is 0 Å². The zero-order chi connectivity index (χ0) is 12.7. The predicted molar refractivity (Wildman–Crippen MR) is 64.8 cm³/mol. The van der Waals surface area contributed by atoms with Gasteiger partial charge in [0.2, 0.25) is 5.75 Å². The van der Waals surface area contributed by atoms with Crippen molar-refractivity contribution in [2.45, 2.75) is 6.54 Å². The van der Waals surface area contributed by atoms with Crippen LogP contribution in [0.4, 0.5) is 0 Å². The van der Waals surface area contributed by atoms with E-state index in [0.29, 0.717) is 30.5 Å². The average molecular weight is 241 g/mol. The molecule has 0 aliphatic heterocycles. The molecular formula is C12H19NO4. The normalized spacial score (nSPS) is 10.1. The van der Waals surface area contributed by atoms with E-state index >= 15 is 0 Å². The van der Waals surface area contributed by atoms with E-state index in [-0.39, 0.29) is 0 Å². The molecule has 0 aliphatic carbocycles. The van der Waals surface area contributed by atoms with Gasteiger partial charge in [0, 0.05) is 13.7 Å². The van der Waals surface area contributed by atoms with Crippen LogP contribution in [0, 0.1) is 0 Å². The molecule has 1 aromatic rings. The van der Waals surface area contributed by atoms with Crippen LogP contribution in [0.3, 0.4) is 0 Å². The molecule has 0 fully saturated rings. The molecule has 0 heterocycles. The Morgan fingerprint density at radius 3 is 1.94 bits per heavy atom. The van der Waals surface area contributed by atoms with Gasteiger partial charge in [-0.2, -0.15) is 0 Å². The maximum absolute atomic E-state index is 5.26. The number of nitrogens with one attached hydrogen (secondary N) is 1. The molecule has 1 aromatic carbocycles. The molecule has 0 radical (unpaired) electrons. The molecule has 0 saturated heterocycles. The van der Waals surface area contributed by atoms with Gasteiger partial charge in [-0.3, -0.25) is 5.32 Å². The third kappa shape index (κ3) is 3.51. The van der Waals surface area contributed by atoms with Crippen LogP contribution >= 0.6 is 0 Å². The molecule has 1 N–H and O–H groups in total. The lowest BCUT2D eigenvalue weighted by molar-refractivity contribution is 0.174. The van der Waals surface area contributed by atoms with E-state index in [4.69, 9.17) is 18.9 Å². The molecule has 17 heavy (non-hydrogen) atoms. The number of benzene rings is 1. The van der Waals surface area contributed by atoms with Crippen molar-refractivity contribution in [1.29, 1.82) is 0 Å². The number of methoxy groups -OCH3 is 4. The van der Waals surface area contributed by atoms with E-state index in [1.54, 1.807) is 28.4 Å². The second-order valence-electron chi connectivity index (χ2n) is 3.39. The molecule has 0 spiro atoms. The Kier molecular flexibility index (Phi) is 5.59. The molecule has 0 aromatic heterocycles. The topological polar surface area (TPSA) is 49.0 Å². The quantitative estimate of drug-likeness (QED) is 0.577. The summed E-state index contributed by atoms with van der Waals surface area (Å²) in [6, 6.07) is 3.81. The maximum Gasteiger partial charge on any atom is 0.203 e. The van der Waals surface area contributed by atoms with Gasteiger partial charge in [-0.15, -0.1) is 0 Å². The van der Waals surface area contributed by atoms with Crippen molar-refractivity contribution in [1.82, 2.24) is 5.32 Å². The van der Waals surface area contributed by atoms with E-state index in [1.165, 1.54) is 0 Å². The number of hydrogen-bond acceptors (Lipinski definition) is 5. The summed E-state index contributed by atoms with van der Waals surface area (Å²) in [5.41, 5.74) is 1.04. The standard InChI is InChI=1S/C12H19NO4/c1-14-8-13-7-9-5-10(15-2)12(17-4)11(6-9)16-3/h5-6,13H,7-8H2,1-4H3. The fourth-order valence-corrected chi connectivity index (χ4v) is 1.53. The summed E-state index contributed by atoms with van der Waals surface area (Å²) in [5.74, 6) is 1.91. The monoisotopic (exact) mass is 241 g/mol. The van der Waals surface area contributed by atoms with Gasteiger partial charge in [-0.05, 0) is 17.7 Å². The van der Waals surface area contributed by atoms with Crippen LogP contribution in [0.5, 0.6) is 17.2 Å². The Bertz CT molecular complexity index is 329. The number of ether oxygens (including phenoxy) is 4. The largest absolute Gasteiger partial charge is 0.493 e. The smallest absolute Gasteiger partial charge is 0.203 e. The number of rotatable bonds is 7. The van der Waals surface area contributed by atoms with E-state index < -0.39 is 0 Å². The van der Waals surface area contributed by atoms with Crippen molar-refractivity contribution in [2.75, 3.05) is 35.2 Å². The molecule has 0 unspecified atom stereocenters. The second-order valence-corrected chi connectivity index (χ2v) is 3.39. The zero-order valence-corrected chi connectivity index (χ0v) is 10.7. The first-order chi connectivity index (χ1) is 8.26. The van der Waals surface area contributed by atoms with E-state index in [0.717, 1.165) is 5.56 Å². The molecule has 0 atom stereocenters. The van der Waals surface area contributed by atoms with E-state index in [9.17, 15) is 0 Å². The molecule has 5 heteroatoms. The van der Waals surface area contributed by atoms with Crippen LogP contribution in [0.1, 0.15) is 5.56 Å². The van der Waals surface area contributed by atoms with Crippen LogP contribution in [-0.2, 0) is 11.3 Å². The summed E-state index contributed by atoms with van der Waals surface area (Å²) >= 11 is 0. The van der Waals surface area contributed by atoms with Gasteiger partial charge in [0.25, 0.3) is 0 Å².